The predicted molar refractivity (Wildman–Crippen MR) is 98.9 cm³/mol. The molecule has 5 nitrogen and oxygen atoms in total. The fraction of sp³-hybridized carbons (Fsp3) is 0.950. The SMILES string of the molecule is CCCCCCCCCCCCCCCC1OCC(COC(=O)O)O1. The van der Waals surface area contributed by atoms with Gasteiger partial charge in [0.15, 0.2) is 6.29 Å². The second-order valence-electron chi connectivity index (χ2n) is 7.13. The van der Waals surface area contributed by atoms with E-state index in [9.17, 15) is 4.79 Å². The zero-order chi connectivity index (χ0) is 18.2. The molecule has 1 aliphatic heterocycles. The van der Waals surface area contributed by atoms with Crippen molar-refractivity contribution in [1.82, 2.24) is 0 Å². The highest BCUT2D eigenvalue weighted by atomic mass is 16.7. The number of carboxylic acid groups (broad SMARTS) is 1. The molecule has 0 aromatic carbocycles. The topological polar surface area (TPSA) is 65.0 Å². The minimum absolute atomic E-state index is 0.0600. The quantitative estimate of drug-likeness (QED) is 0.275. The molecule has 1 heterocycles. The van der Waals surface area contributed by atoms with Gasteiger partial charge in [-0.25, -0.2) is 4.79 Å². The monoisotopic (exact) mass is 358 g/mol. The molecule has 148 valence electrons. The van der Waals surface area contributed by atoms with Gasteiger partial charge >= 0.3 is 6.16 Å². The second-order valence-corrected chi connectivity index (χ2v) is 7.13. The van der Waals surface area contributed by atoms with E-state index < -0.39 is 6.16 Å². The van der Waals surface area contributed by atoms with Gasteiger partial charge < -0.3 is 19.3 Å². The van der Waals surface area contributed by atoms with E-state index >= 15 is 0 Å². The molecule has 1 aliphatic rings. The average Bonchev–Trinajstić information content (AvgIpc) is 3.05. The van der Waals surface area contributed by atoms with Crippen LogP contribution in [0.5, 0.6) is 0 Å². The number of ether oxygens (including phenoxy) is 3. The van der Waals surface area contributed by atoms with Crippen molar-refractivity contribution in [2.75, 3.05) is 13.2 Å². The lowest BCUT2D eigenvalue weighted by Crippen LogP contribution is -2.20. The number of rotatable bonds is 16. The molecule has 1 fully saturated rings. The second kappa shape index (κ2) is 15.4. The summed E-state index contributed by atoms with van der Waals surface area (Å²) in [7, 11) is 0. The van der Waals surface area contributed by atoms with Crippen LogP contribution in [-0.4, -0.2) is 36.9 Å². The Morgan fingerprint density at radius 2 is 1.44 bits per heavy atom. The van der Waals surface area contributed by atoms with Crippen LogP contribution in [0.1, 0.15) is 96.8 Å². The van der Waals surface area contributed by atoms with Gasteiger partial charge in [-0.05, 0) is 12.8 Å². The first-order valence-electron chi connectivity index (χ1n) is 10.3. The van der Waals surface area contributed by atoms with Crippen molar-refractivity contribution in [3.05, 3.63) is 0 Å². The lowest BCUT2D eigenvalue weighted by molar-refractivity contribution is -0.0727. The minimum atomic E-state index is -1.26. The molecule has 5 heteroatoms. The van der Waals surface area contributed by atoms with Gasteiger partial charge in [-0.1, -0.05) is 84.0 Å². The van der Waals surface area contributed by atoms with Crippen LogP contribution >= 0.6 is 0 Å². The van der Waals surface area contributed by atoms with Gasteiger partial charge in [0, 0.05) is 0 Å². The summed E-state index contributed by atoms with van der Waals surface area (Å²) >= 11 is 0. The van der Waals surface area contributed by atoms with Gasteiger partial charge in [-0.15, -0.1) is 0 Å². The lowest BCUT2D eigenvalue weighted by Gasteiger charge is -2.10. The summed E-state index contributed by atoms with van der Waals surface area (Å²) in [6.45, 7) is 2.75. The third-order valence-electron chi connectivity index (χ3n) is 4.75. The molecule has 25 heavy (non-hydrogen) atoms. The van der Waals surface area contributed by atoms with Gasteiger partial charge in [0.05, 0.1) is 6.61 Å². The average molecular weight is 359 g/mol. The summed E-state index contributed by atoms with van der Waals surface area (Å²) in [4.78, 5) is 10.3. The highest BCUT2D eigenvalue weighted by Gasteiger charge is 2.26. The van der Waals surface area contributed by atoms with Crippen LogP contribution in [0, 0.1) is 0 Å². The Hall–Kier alpha value is -0.810. The molecule has 2 unspecified atom stereocenters. The molecule has 1 N–H and O–H groups in total. The third-order valence-corrected chi connectivity index (χ3v) is 4.75. The van der Waals surface area contributed by atoms with Crippen molar-refractivity contribution >= 4 is 6.16 Å². The molecule has 0 amide bonds. The molecule has 0 aliphatic carbocycles. The summed E-state index contributed by atoms with van der Waals surface area (Å²) in [6.07, 6.45) is 16.7. The fourth-order valence-corrected chi connectivity index (χ4v) is 3.24. The maximum Gasteiger partial charge on any atom is 0.505 e. The van der Waals surface area contributed by atoms with E-state index in [0.29, 0.717) is 6.61 Å². The lowest BCUT2D eigenvalue weighted by atomic mass is 10.0. The van der Waals surface area contributed by atoms with Gasteiger partial charge in [-0.2, -0.15) is 0 Å². The Labute approximate surface area is 153 Å². The molecule has 0 bridgehead atoms. The van der Waals surface area contributed by atoms with E-state index in [1.165, 1.54) is 77.0 Å². The molecule has 0 aromatic rings. The molecule has 2 atom stereocenters. The first-order chi connectivity index (χ1) is 12.2. The van der Waals surface area contributed by atoms with Crippen molar-refractivity contribution in [3.63, 3.8) is 0 Å². The van der Waals surface area contributed by atoms with Crippen molar-refractivity contribution in [2.24, 2.45) is 0 Å². The van der Waals surface area contributed by atoms with Crippen LogP contribution in [0.15, 0.2) is 0 Å². The highest BCUT2D eigenvalue weighted by Crippen LogP contribution is 2.19. The molecular formula is C20H38O5. The maximum absolute atomic E-state index is 10.3. The van der Waals surface area contributed by atoms with E-state index in [4.69, 9.17) is 14.6 Å². The van der Waals surface area contributed by atoms with Crippen LogP contribution in [0.3, 0.4) is 0 Å². The van der Waals surface area contributed by atoms with E-state index in [0.717, 1.165) is 12.8 Å². The normalized spacial score (nSPS) is 20.0. The van der Waals surface area contributed by atoms with Gasteiger partial charge in [-0.3, -0.25) is 0 Å². The number of unbranched alkanes of at least 4 members (excludes halogenated alkanes) is 12. The number of carbonyl (C=O) groups is 1. The third kappa shape index (κ3) is 13.1. The fourth-order valence-electron chi connectivity index (χ4n) is 3.24. The maximum atomic E-state index is 10.3. The smallest absolute Gasteiger partial charge is 0.450 e. The van der Waals surface area contributed by atoms with Crippen molar-refractivity contribution in [3.8, 4) is 0 Å². The highest BCUT2D eigenvalue weighted by molar-refractivity contribution is 5.56. The van der Waals surface area contributed by atoms with Crippen molar-refractivity contribution < 1.29 is 24.1 Å². The molecule has 1 saturated heterocycles. The molecule has 0 radical (unpaired) electrons. The van der Waals surface area contributed by atoms with Gasteiger partial charge in [0.25, 0.3) is 0 Å². The van der Waals surface area contributed by atoms with Crippen LogP contribution in [0.2, 0.25) is 0 Å². The summed E-state index contributed by atoms with van der Waals surface area (Å²) in [5, 5.41) is 8.46. The van der Waals surface area contributed by atoms with Gasteiger partial charge in [0.1, 0.15) is 12.7 Å². The Kier molecular flexibility index (Phi) is 13.7. The van der Waals surface area contributed by atoms with Crippen molar-refractivity contribution in [1.29, 1.82) is 0 Å². The molecule has 0 aromatic heterocycles. The summed E-state index contributed by atoms with van der Waals surface area (Å²) in [6, 6.07) is 0. The Bertz CT molecular complexity index is 321. The largest absolute Gasteiger partial charge is 0.505 e. The van der Waals surface area contributed by atoms with E-state index in [1.807, 2.05) is 0 Å². The molecule has 0 saturated carbocycles. The summed E-state index contributed by atoms with van der Waals surface area (Å²) in [5.41, 5.74) is 0. The number of hydrogen-bond donors (Lipinski definition) is 1. The Balaban J connectivity index is 1.78. The van der Waals surface area contributed by atoms with Crippen LogP contribution < -0.4 is 0 Å². The van der Waals surface area contributed by atoms with Crippen molar-refractivity contribution in [2.45, 2.75) is 109 Å². The first-order valence-corrected chi connectivity index (χ1v) is 10.3. The van der Waals surface area contributed by atoms with Gasteiger partial charge in [0.2, 0.25) is 0 Å². The first kappa shape index (κ1) is 22.2. The summed E-state index contributed by atoms with van der Waals surface area (Å²) < 4.78 is 15.6. The van der Waals surface area contributed by atoms with Crippen LogP contribution in [0.4, 0.5) is 4.79 Å². The Morgan fingerprint density at radius 1 is 0.920 bits per heavy atom. The standard InChI is InChI=1S/C20H38O5/c1-2-3-4-5-6-7-8-9-10-11-12-13-14-15-19-23-16-18(25-19)17-24-20(21)22/h18-19H,2-17H2,1H3,(H,21,22). The minimum Gasteiger partial charge on any atom is -0.450 e. The van der Waals surface area contributed by atoms with Crippen LogP contribution in [0.25, 0.3) is 0 Å². The van der Waals surface area contributed by atoms with Crippen LogP contribution in [-0.2, 0) is 14.2 Å². The molecule has 0 spiro atoms. The predicted octanol–water partition coefficient (Wildman–Crippen LogP) is 5.90. The zero-order valence-corrected chi connectivity index (χ0v) is 16.0. The Morgan fingerprint density at radius 3 is 1.96 bits per heavy atom. The zero-order valence-electron chi connectivity index (χ0n) is 16.0. The van der Waals surface area contributed by atoms with E-state index in [2.05, 4.69) is 11.7 Å². The van der Waals surface area contributed by atoms with E-state index in [1.54, 1.807) is 0 Å². The number of hydrogen-bond acceptors (Lipinski definition) is 4. The summed E-state index contributed by atoms with van der Waals surface area (Å²) in [5.74, 6) is 0. The van der Waals surface area contributed by atoms with E-state index in [-0.39, 0.29) is 19.0 Å². The molecular weight excluding hydrogens is 320 g/mol. The molecule has 1 rings (SSSR count).